The summed E-state index contributed by atoms with van der Waals surface area (Å²) in [6, 6.07) is 2.59. The molecule has 0 aromatic carbocycles. The van der Waals surface area contributed by atoms with Crippen molar-refractivity contribution in [1.29, 1.82) is 0 Å². The Bertz CT molecular complexity index is 392. The number of halogens is 1. The van der Waals surface area contributed by atoms with Crippen LogP contribution in [0.4, 0.5) is 5.82 Å². The van der Waals surface area contributed by atoms with E-state index in [1.807, 2.05) is 6.07 Å². The van der Waals surface area contributed by atoms with Gasteiger partial charge in [-0.2, -0.15) is 0 Å². The van der Waals surface area contributed by atoms with E-state index in [2.05, 4.69) is 52.0 Å². The summed E-state index contributed by atoms with van der Waals surface area (Å²) in [6.07, 6.45) is 3.88. The van der Waals surface area contributed by atoms with E-state index in [1.54, 1.807) is 0 Å². The summed E-state index contributed by atoms with van der Waals surface area (Å²) in [5, 5.41) is 3.51. The molecule has 0 radical (unpaired) electrons. The lowest BCUT2D eigenvalue weighted by molar-refractivity contribution is 0.691. The number of hydrogen-bond donors (Lipinski definition) is 1. The molecule has 0 aliphatic heterocycles. The maximum atomic E-state index is 4.56. The van der Waals surface area contributed by atoms with Gasteiger partial charge in [0.1, 0.15) is 16.2 Å². The van der Waals surface area contributed by atoms with Crippen molar-refractivity contribution in [2.75, 3.05) is 5.32 Å². The van der Waals surface area contributed by atoms with Gasteiger partial charge >= 0.3 is 0 Å². The molecule has 0 bridgehead atoms. The molecule has 1 aliphatic carbocycles. The van der Waals surface area contributed by atoms with Crippen LogP contribution >= 0.6 is 15.9 Å². The summed E-state index contributed by atoms with van der Waals surface area (Å²) < 4.78 is 0.867. The van der Waals surface area contributed by atoms with Crippen molar-refractivity contribution in [2.24, 2.45) is 5.92 Å². The minimum Gasteiger partial charge on any atom is -0.367 e. The molecule has 2 rings (SSSR count). The molecule has 4 heteroatoms. The van der Waals surface area contributed by atoms with Gasteiger partial charge < -0.3 is 5.32 Å². The molecule has 1 aromatic heterocycles. The molecule has 94 valence electrons. The average Bonchev–Trinajstić information content (AvgIpc) is 2.96. The number of nitrogens with one attached hydrogen (secondary N) is 1. The second-order valence-electron chi connectivity index (χ2n) is 5.12. The highest BCUT2D eigenvalue weighted by atomic mass is 79.9. The molecule has 17 heavy (non-hydrogen) atoms. The molecule has 1 fully saturated rings. The van der Waals surface area contributed by atoms with Crippen molar-refractivity contribution in [2.45, 2.75) is 52.0 Å². The quantitative estimate of drug-likeness (QED) is 0.836. The first-order valence-electron chi connectivity index (χ1n) is 6.41. The van der Waals surface area contributed by atoms with Gasteiger partial charge in [0.05, 0.1) is 0 Å². The van der Waals surface area contributed by atoms with Crippen LogP contribution in [0.5, 0.6) is 0 Å². The predicted octanol–water partition coefficient (Wildman–Crippen LogP) is 3.96. The summed E-state index contributed by atoms with van der Waals surface area (Å²) in [6.45, 7) is 6.47. The highest BCUT2D eigenvalue weighted by Gasteiger charge is 2.36. The third-order valence-electron chi connectivity index (χ3n) is 3.14. The first-order valence-corrected chi connectivity index (χ1v) is 7.20. The van der Waals surface area contributed by atoms with Gasteiger partial charge in [-0.1, -0.05) is 27.2 Å². The maximum Gasteiger partial charge on any atom is 0.134 e. The zero-order chi connectivity index (χ0) is 12.4. The molecule has 0 saturated heterocycles. The van der Waals surface area contributed by atoms with Crippen molar-refractivity contribution in [3.05, 3.63) is 16.5 Å². The first-order chi connectivity index (χ1) is 8.10. The number of hydrogen-bond acceptors (Lipinski definition) is 3. The van der Waals surface area contributed by atoms with E-state index in [0.29, 0.717) is 12.0 Å². The summed E-state index contributed by atoms with van der Waals surface area (Å²) >= 11 is 3.45. The van der Waals surface area contributed by atoms with Crippen LogP contribution in [0.15, 0.2) is 10.7 Å². The standard InChI is InChI=1S/C13H20BrN3/c1-4-5-9-6-10(9)15-12-7-11(14)16-13(17-12)8(2)3/h7-10H,4-6H2,1-3H3,(H,15,16,17). The highest BCUT2D eigenvalue weighted by Crippen LogP contribution is 2.37. The number of rotatable bonds is 5. The third-order valence-corrected chi connectivity index (χ3v) is 3.55. The topological polar surface area (TPSA) is 37.8 Å². The Balaban J connectivity index is 2.01. The zero-order valence-corrected chi connectivity index (χ0v) is 12.3. The Morgan fingerprint density at radius 3 is 2.88 bits per heavy atom. The van der Waals surface area contributed by atoms with Gasteiger partial charge in [-0.15, -0.1) is 0 Å². The number of nitrogens with zero attached hydrogens (tertiary/aromatic N) is 2. The second kappa shape index (κ2) is 5.34. The third kappa shape index (κ3) is 3.41. The summed E-state index contributed by atoms with van der Waals surface area (Å²) in [7, 11) is 0. The van der Waals surface area contributed by atoms with Crippen molar-refractivity contribution in [1.82, 2.24) is 9.97 Å². The highest BCUT2D eigenvalue weighted by molar-refractivity contribution is 9.10. The van der Waals surface area contributed by atoms with E-state index in [1.165, 1.54) is 19.3 Å². The predicted molar refractivity (Wildman–Crippen MR) is 74.2 cm³/mol. The lowest BCUT2D eigenvalue weighted by atomic mass is 10.2. The maximum absolute atomic E-state index is 4.56. The van der Waals surface area contributed by atoms with E-state index in [4.69, 9.17) is 0 Å². The van der Waals surface area contributed by atoms with Crippen LogP contribution in [0.25, 0.3) is 0 Å². The van der Waals surface area contributed by atoms with Crippen LogP contribution in [0.1, 0.15) is 51.8 Å². The molecule has 0 amide bonds. The van der Waals surface area contributed by atoms with Gasteiger partial charge in [0.25, 0.3) is 0 Å². The normalized spacial score (nSPS) is 22.9. The van der Waals surface area contributed by atoms with Gasteiger partial charge in [-0.25, -0.2) is 9.97 Å². The molecule has 1 aromatic rings. The van der Waals surface area contributed by atoms with E-state index >= 15 is 0 Å². The van der Waals surface area contributed by atoms with E-state index in [-0.39, 0.29) is 0 Å². The Hall–Kier alpha value is -0.640. The monoisotopic (exact) mass is 297 g/mol. The van der Waals surface area contributed by atoms with Gasteiger partial charge in [0, 0.05) is 18.0 Å². The molecule has 1 saturated carbocycles. The molecule has 2 unspecified atom stereocenters. The number of anilines is 1. The Morgan fingerprint density at radius 2 is 2.24 bits per heavy atom. The van der Waals surface area contributed by atoms with Crippen molar-refractivity contribution in [3.63, 3.8) is 0 Å². The van der Waals surface area contributed by atoms with Crippen LogP contribution in [-0.4, -0.2) is 16.0 Å². The zero-order valence-electron chi connectivity index (χ0n) is 10.7. The molecule has 3 nitrogen and oxygen atoms in total. The van der Waals surface area contributed by atoms with Gasteiger partial charge in [0.15, 0.2) is 0 Å². The number of aromatic nitrogens is 2. The summed E-state index contributed by atoms with van der Waals surface area (Å²) in [4.78, 5) is 8.94. The fourth-order valence-electron chi connectivity index (χ4n) is 2.07. The largest absolute Gasteiger partial charge is 0.367 e. The van der Waals surface area contributed by atoms with E-state index < -0.39 is 0 Å². The van der Waals surface area contributed by atoms with Crippen molar-refractivity contribution < 1.29 is 0 Å². The van der Waals surface area contributed by atoms with Crippen LogP contribution < -0.4 is 5.32 Å². The molecule has 2 atom stereocenters. The minimum atomic E-state index is 0.360. The van der Waals surface area contributed by atoms with Gasteiger partial charge in [-0.05, 0) is 34.7 Å². The van der Waals surface area contributed by atoms with Crippen LogP contribution in [0.3, 0.4) is 0 Å². The fraction of sp³-hybridized carbons (Fsp3) is 0.692. The molecule has 0 spiro atoms. The summed E-state index contributed by atoms with van der Waals surface area (Å²) in [5.41, 5.74) is 0. The molecule has 1 N–H and O–H groups in total. The Morgan fingerprint density at radius 1 is 1.47 bits per heavy atom. The van der Waals surface area contributed by atoms with Gasteiger partial charge in [0.2, 0.25) is 0 Å². The molecular weight excluding hydrogens is 278 g/mol. The average molecular weight is 298 g/mol. The van der Waals surface area contributed by atoms with Crippen LogP contribution in [0.2, 0.25) is 0 Å². The molecule has 1 heterocycles. The van der Waals surface area contributed by atoms with E-state index in [9.17, 15) is 0 Å². The van der Waals surface area contributed by atoms with Crippen molar-refractivity contribution in [3.8, 4) is 0 Å². The van der Waals surface area contributed by atoms with Crippen LogP contribution in [0, 0.1) is 5.92 Å². The summed E-state index contributed by atoms with van der Waals surface area (Å²) in [5.74, 6) is 3.06. The van der Waals surface area contributed by atoms with Crippen LogP contribution in [-0.2, 0) is 0 Å². The van der Waals surface area contributed by atoms with Crippen molar-refractivity contribution >= 4 is 21.7 Å². The second-order valence-corrected chi connectivity index (χ2v) is 5.94. The molecular formula is C13H20BrN3. The fourth-order valence-corrected chi connectivity index (χ4v) is 2.47. The SMILES string of the molecule is CCCC1CC1Nc1cc(Br)nc(C(C)C)n1. The van der Waals surface area contributed by atoms with E-state index in [0.717, 1.165) is 22.2 Å². The lowest BCUT2D eigenvalue weighted by Crippen LogP contribution is -2.09. The minimum absolute atomic E-state index is 0.360. The first kappa shape index (κ1) is 12.8. The van der Waals surface area contributed by atoms with Gasteiger partial charge in [-0.3, -0.25) is 0 Å². The molecule has 1 aliphatic rings. The Labute approximate surface area is 112 Å². The lowest BCUT2D eigenvalue weighted by Gasteiger charge is -2.09. The smallest absolute Gasteiger partial charge is 0.134 e. The Kier molecular flexibility index (Phi) is 4.02.